The van der Waals surface area contributed by atoms with Crippen molar-refractivity contribution in [3.8, 4) is 0 Å². The highest BCUT2D eigenvalue weighted by Crippen LogP contribution is 2.38. The van der Waals surface area contributed by atoms with Crippen molar-refractivity contribution in [3.63, 3.8) is 0 Å². The van der Waals surface area contributed by atoms with Gasteiger partial charge < -0.3 is 5.32 Å². The summed E-state index contributed by atoms with van der Waals surface area (Å²) in [6.45, 7) is 2.98. The van der Waals surface area contributed by atoms with Crippen LogP contribution in [0.5, 0.6) is 0 Å². The van der Waals surface area contributed by atoms with Crippen LogP contribution in [0.25, 0.3) is 0 Å². The third kappa shape index (κ3) is 3.48. The van der Waals surface area contributed by atoms with Crippen LogP contribution in [0.4, 0.5) is 0 Å². The van der Waals surface area contributed by atoms with E-state index in [4.69, 9.17) is 0 Å². The van der Waals surface area contributed by atoms with Gasteiger partial charge in [-0.2, -0.15) is 5.10 Å². The van der Waals surface area contributed by atoms with E-state index in [0.29, 0.717) is 0 Å². The van der Waals surface area contributed by atoms with Crippen LogP contribution in [0.3, 0.4) is 0 Å². The van der Waals surface area contributed by atoms with Crippen molar-refractivity contribution in [1.29, 1.82) is 0 Å². The highest BCUT2D eigenvalue weighted by atomic mass is 15.3. The smallest absolute Gasteiger partial charge is 0.0655 e. The second-order valence-electron chi connectivity index (χ2n) is 4.46. The van der Waals surface area contributed by atoms with Gasteiger partial charge in [-0.05, 0) is 31.4 Å². The van der Waals surface area contributed by atoms with Crippen LogP contribution in [0.15, 0.2) is 36.2 Å². The van der Waals surface area contributed by atoms with Gasteiger partial charge in [0.05, 0.1) is 12.2 Å². The molecule has 3 nitrogen and oxygen atoms in total. The van der Waals surface area contributed by atoms with Crippen molar-refractivity contribution in [1.82, 2.24) is 15.1 Å². The lowest BCUT2D eigenvalue weighted by Gasteiger charge is -2.00. The van der Waals surface area contributed by atoms with Gasteiger partial charge >= 0.3 is 0 Å². The molecule has 0 bridgehead atoms. The van der Waals surface area contributed by atoms with Crippen molar-refractivity contribution in [2.45, 2.75) is 38.6 Å². The van der Waals surface area contributed by atoms with Crippen LogP contribution >= 0.6 is 0 Å². The monoisotopic (exact) mass is 231 g/mol. The summed E-state index contributed by atoms with van der Waals surface area (Å²) in [5.74, 6) is 0.744. The van der Waals surface area contributed by atoms with Crippen LogP contribution in [0, 0.1) is 0 Å². The Morgan fingerprint density at radius 2 is 2.41 bits per heavy atom. The van der Waals surface area contributed by atoms with Gasteiger partial charge in [0.2, 0.25) is 0 Å². The van der Waals surface area contributed by atoms with Crippen LogP contribution in [0.1, 0.15) is 37.8 Å². The van der Waals surface area contributed by atoms with Gasteiger partial charge in [-0.3, -0.25) is 4.68 Å². The van der Waals surface area contributed by atoms with Crippen molar-refractivity contribution in [2.75, 3.05) is 7.05 Å². The topological polar surface area (TPSA) is 29.9 Å². The molecule has 0 spiro atoms. The normalized spacial score (nSPS) is 16.7. The SMILES string of the molecule is CC/C=C(\C=C/Cn1ccc(C2CC2)n1)NC. The summed E-state index contributed by atoms with van der Waals surface area (Å²) in [5.41, 5.74) is 2.43. The molecule has 3 heteroatoms. The Morgan fingerprint density at radius 3 is 3.06 bits per heavy atom. The van der Waals surface area contributed by atoms with Crippen molar-refractivity contribution in [3.05, 3.63) is 41.9 Å². The first kappa shape index (κ1) is 12.0. The summed E-state index contributed by atoms with van der Waals surface area (Å²) in [5, 5.41) is 7.73. The van der Waals surface area contributed by atoms with E-state index in [2.05, 4.69) is 47.8 Å². The summed E-state index contributed by atoms with van der Waals surface area (Å²) in [6.07, 6.45) is 12.2. The highest BCUT2D eigenvalue weighted by molar-refractivity contribution is 5.16. The molecule has 0 unspecified atom stereocenters. The maximum atomic E-state index is 4.57. The fourth-order valence-electron chi connectivity index (χ4n) is 1.84. The molecule has 1 aliphatic carbocycles. The van der Waals surface area contributed by atoms with Gasteiger partial charge in [-0.15, -0.1) is 0 Å². The molecule has 0 amide bonds. The van der Waals surface area contributed by atoms with E-state index < -0.39 is 0 Å². The Morgan fingerprint density at radius 1 is 1.59 bits per heavy atom. The number of nitrogens with one attached hydrogen (secondary N) is 1. The Bertz CT molecular complexity index is 411. The van der Waals surface area contributed by atoms with E-state index in [1.807, 2.05) is 11.7 Å². The minimum Gasteiger partial charge on any atom is -0.388 e. The summed E-state index contributed by atoms with van der Waals surface area (Å²) in [4.78, 5) is 0. The molecular formula is C14H21N3. The number of aromatic nitrogens is 2. The Balaban J connectivity index is 1.87. The highest BCUT2D eigenvalue weighted by Gasteiger charge is 2.25. The van der Waals surface area contributed by atoms with Crippen molar-refractivity contribution < 1.29 is 0 Å². The first-order valence-corrected chi connectivity index (χ1v) is 6.41. The summed E-state index contributed by atoms with van der Waals surface area (Å²) in [7, 11) is 1.95. The number of hydrogen-bond acceptors (Lipinski definition) is 2. The molecule has 0 aliphatic heterocycles. The molecule has 0 saturated heterocycles. The van der Waals surface area contributed by atoms with Gasteiger partial charge in [-0.1, -0.05) is 19.1 Å². The second-order valence-corrected chi connectivity index (χ2v) is 4.46. The predicted octanol–water partition coefficient (Wildman–Crippen LogP) is 2.83. The molecule has 1 aliphatic rings. The lowest BCUT2D eigenvalue weighted by Crippen LogP contribution is -2.03. The third-order valence-corrected chi connectivity index (χ3v) is 2.96. The summed E-state index contributed by atoms with van der Waals surface area (Å²) >= 11 is 0. The van der Waals surface area contributed by atoms with E-state index in [-0.39, 0.29) is 0 Å². The fraction of sp³-hybridized carbons (Fsp3) is 0.500. The first-order valence-electron chi connectivity index (χ1n) is 6.41. The predicted molar refractivity (Wildman–Crippen MR) is 70.8 cm³/mol. The Hall–Kier alpha value is -1.51. The number of hydrogen-bond donors (Lipinski definition) is 1. The van der Waals surface area contributed by atoms with E-state index in [1.165, 1.54) is 24.2 Å². The average molecular weight is 231 g/mol. The maximum absolute atomic E-state index is 4.57. The summed E-state index contributed by atoms with van der Waals surface area (Å²) < 4.78 is 2.00. The lowest BCUT2D eigenvalue weighted by molar-refractivity contribution is 0.685. The molecular weight excluding hydrogens is 210 g/mol. The standard InChI is InChI=1S/C14H21N3/c1-3-5-13(15-2)6-4-10-17-11-9-14(16-17)12-7-8-12/h4-6,9,11-12,15H,3,7-8,10H2,1-2H3/b6-4-,13-5+. The molecule has 1 aromatic heterocycles. The van der Waals surface area contributed by atoms with Crippen LogP contribution in [0.2, 0.25) is 0 Å². The maximum Gasteiger partial charge on any atom is 0.0655 e. The van der Waals surface area contributed by atoms with Gasteiger partial charge in [-0.25, -0.2) is 0 Å². The molecule has 1 heterocycles. The largest absolute Gasteiger partial charge is 0.388 e. The lowest BCUT2D eigenvalue weighted by atomic mass is 10.3. The van der Waals surface area contributed by atoms with Crippen molar-refractivity contribution >= 4 is 0 Å². The third-order valence-electron chi connectivity index (χ3n) is 2.96. The molecule has 1 aromatic rings. The minimum atomic E-state index is 0.744. The van der Waals surface area contributed by atoms with Gasteiger partial charge in [0.15, 0.2) is 0 Å². The molecule has 17 heavy (non-hydrogen) atoms. The quantitative estimate of drug-likeness (QED) is 0.763. The molecule has 92 valence electrons. The molecule has 2 rings (SSSR count). The zero-order valence-corrected chi connectivity index (χ0v) is 10.7. The van der Waals surface area contributed by atoms with Gasteiger partial charge in [0, 0.05) is 24.9 Å². The molecule has 0 radical (unpaired) electrons. The Labute approximate surface area is 103 Å². The number of nitrogens with zero attached hydrogens (tertiary/aromatic N) is 2. The Kier molecular flexibility index (Phi) is 4.02. The molecule has 1 N–H and O–H groups in total. The minimum absolute atomic E-state index is 0.744. The van der Waals surface area contributed by atoms with Gasteiger partial charge in [0.25, 0.3) is 0 Å². The van der Waals surface area contributed by atoms with Crippen LogP contribution in [-0.2, 0) is 6.54 Å². The van der Waals surface area contributed by atoms with E-state index in [9.17, 15) is 0 Å². The zero-order chi connectivity index (χ0) is 12.1. The van der Waals surface area contributed by atoms with Crippen LogP contribution < -0.4 is 5.32 Å². The number of allylic oxidation sites excluding steroid dienone is 3. The van der Waals surface area contributed by atoms with Crippen LogP contribution in [-0.4, -0.2) is 16.8 Å². The van der Waals surface area contributed by atoms with Gasteiger partial charge in [0.1, 0.15) is 0 Å². The second kappa shape index (κ2) is 5.71. The number of likely N-dealkylation sites (N-methyl/N-ethyl adjacent to an activating group) is 1. The first-order chi connectivity index (χ1) is 8.33. The molecule has 1 fully saturated rings. The number of rotatable bonds is 6. The molecule has 0 atom stereocenters. The van der Waals surface area contributed by atoms with E-state index in [1.54, 1.807) is 0 Å². The van der Waals surface area contributed by atoms with Crippen molar-refractivity contribution in [2.24, 2.45) is 0 Å². The average Bonchev–Trinajstić information content (AvgIpc) is 3.09. The van der Waals surface area contributed by atoms with E-state index in [0.717, 1.165) is 18.9 Å². The molecule has 0 aromatic carbocycles. The fourth-order valence-corrected chi connectivity index (χ4v) is 1.84. The van der Waals surface area contributed by atoms with E-state index >= 15 is 0 Å². The molecule has 1 saturated carbocycles. The zero-order valence-electron chi connectivity index (χ0n) is 10.7. The summed E-state index contributed by atoms with van der Waals surface area (Å²) in [6, 6.07) is 2.15.